The van der Waals surface area contributed by atoms with Crippen LogP contribution in [0, 0.1) is 0 Å². The first-order chi connectivity index (χ1) is 8.90. The predicted molar refractivity (Wildman–Crippen MR) is 76.5 cm³/mol. The Kier molecular flexibility index (Phi) is 5.12. The van der Waals surface area contributed by atoms with Gasteiger partial charge < -0.3 is 9.47 Å². The third kappa shape index (κ3) is 3.79. The Balaban J connectivity index is 2.07. The van der Waals surface area contributed by atoms with E-state index < -0.39 is 0 Å². The van der Waals surface area contributed by atoms with Crippen LogP contribution in [0.3, 0.4) is 0 Å². The van der Waals surface area contributed by atoms with E-state index in [1.54, 1.807) is 0 Å². The Morgan fingerprint density at radius 2 is 1.61 bits per heavy atom. The van der Waals surface area contributed by atoms with Crippen LogP contribution < -0.4 is 4.74 Å². The molecule has 0 spiro atoms. The summed E-state index contributed by atoms with van der Waals surface area (Å²) in [6, 6.07) is 17.8. The molecule has 0 fully saturated rings. The topological polar surface area (TPSA) is 18.5 Å². The van der Waals surface area contributed by atoms with Crippen molar-refractivity contribution in [3.8, 4) is 11.5 Å². The molecule has 0 unspecified atom stereocenters. The maximum absolute atomic E-state index is 5.87. The molecule has 2 nitrogen and oxygen atoms in total. The van der Waals surface area contributed by atoms with Crippen LogP contribution in [0.4, 0.5) is 0 Å². The number of thiol groups is 1. The minimum absolute atomic E-state index is 0.446. The summed E-state index contributed by atoms with van der Waals surface area (Å²) in [5.41, 5.74) is 1.14. The molecule has 0 aliphatic rings. The summed E-state index contributed by atoms with van der Waals surface area (Å²) in [4.78, 5) is 0. The maximum Gasteiger partial charge on any atom is 0.130 e. The van der Waals surface area contributed by atoms with Gasteiger partial charge in [0.05, 0.1) is 12.5 Å². The fraction of sp³-hybridized carbons (Fsp3) is 0.200. The summed E-state index contributed by atoms with van der Waals surface area (Å²) in [7, 11) is 0. The van der Waals surface area contributed by atoms with E-state index in [-0.39, 0.29) is 0 Å². The Morgan fingerprint density at radius 1 is 0.889 bits per heavy atom. The molecule has 0 radical (unpaired) electrons. The Hall–Kier alpha value is -1.45. The Morgan fingerprint density at radius 3 is 2.39 bits per heavy atom. The van der Waals surface area contributed by atoms with Crippen molar-refractivity contribution in [3.63, 3.8) is 0 Å². The molecule has 0 saturated heterocycles. The molecule has 2 aromatic carbocycles. The van der Waals surface area contributed by atoms with Crippen LogP contribution in [0.25, 0.3) is 0 Å². The number of benzene rings is 2. The average Bonchev–Trinajstić information content (AvgIpc) is 2.42. The number of para-hydroxylation sites is 2. The molecule has 2 rings (SSSR count). The first-order valence-corrected chi connectivity index (χ1v) is 6.53. The van der Waals surface area contributed by atoms with E-state index in [1.807, 2.05) is 48.5 Å². The smallest absolute Gasteiger partial charge is 0.130 e. The second-order valence-corrected chi connectivity index (χ2v) is 4.07. The van der Waals surface area contributed by atoms with E-state index in [9.17, 15) is 0 Å². The van der Waals surface area contributed by atoms with E-state index in [2.05, 4.69) is 18.7 Å². The monoisotopic (exact) mass is 260 g/mol. The minimum Gasteiger partial charge on any atom is -0.457 e. The van der Waals surface area contributed by atoms with E-state index in [0.29, 0.717) is 12.5 Å². The zero-order chi connectivity index (χ0) is 12.6. The standard InChI is InChI=1S/C15H16O2S/c18-12-16-11-10-13-6-4-5-9-15(13)17-14-7-2-1-3-8-14/h1-9,18H,10-12H2. The zero-order valence-electron chi connectivity index (χ0n) is 10.1. The Labute approximate surface area is 113 Å². The van der Waals surface area contributed by atoms with E-state index in [0.717, 1.165) is 23.5 Å². The summed E-state index contributed by atoms with van der Waals surface area (Å²) in [5, 5.41) is 0. The van der Waals surface area contributed by atoms with Gasteiger partial charge in [-0.15, -0.1) is 0 Å². The van der Waals surface area contributed by atoms with Crippen molar-refractivity contribution < 1.29 is 9.47 Å². The average molecular weight is 260 g/mol. The summed E-state index contributed by atoms with van der Waals surface area (Å²) < 4.78 is 11.1. The van der Waals surface area contributed by atoms with Gasteiger partial charge in [0.15, 0.2) is 0 Å². The van der Waals surface area contributed by atoms with Crippen molar-refractivity contribution in [2.75, 3.05) is 12.5 Å². The lowest BCUT2D eigenvalue weighted by Crippen LogP contribution is -1.99. The zero-order valence-corrected chi connectivity index (χ0v) is 11.0. The first kappa shape index (κ1) is 13.0. The van der Waals surface area contributed by atoms with Crippen molar-refractivity contribution >= 4 is 12.6 Å². The molecular formula is C15H16O2S. The summed E-state index contributed by atoms with van der Waals surface area (Å²) in [5.74, 6) is 2.17. The molecule has 0 amide bonds. The lowest BCUT2D eigenvalue weighted by Gasteiger charge is -2.10. The van der Waals surface area contributed by atoms with E-state index in [4.69, 9.17) is 9.47 Å². The van der Waals surface area contributed by atoms with Gasteiger partial charge in [0.1, 0.15) is 11.5 Å². The van der Waals surface area contributed by atoms with Gasteiger partial charge in [-0.1, -0.05) is 36.4 Å². The fourth-order valence-electron chi connectivity index (χ4n) is 1.67. The van der Waals surface area contributed by atoms with Crippen LogP contribution in [0.1, 0.15) is 5.56 Å². The quantitative estimate of drug-likeness (QED) is 0.482. The molecule has 0 atom stereocenters. The van der Waals surface area contributed by atoms with Gasteiger partial charge >= 0.3 is 0 Å². The van der Waals surface area contributed by atoms with Crippen molar-refractivity contribution in [2.24, 2.45) is 0 Å². The van der Waals surface area contributed by atoms with Crippen molar-refractivity contribution in [2.45, 2.75) is 6.42 Å². The first-order valence-electron chi connectivity index (χ1n) is 5.89. The highest BCUT2D eigenvalue weighted by Gasteiger charge is 2.03. The number of hydrogen-bond acceptors (Lipinski definition) is 3. The lowest BCUT2D eigenvalue weighted by atomic mass is 10.1. The van der Waals surface area contributed by atoms with Crippen molar-refractivity contribution in [1.82, 2.24) is 0 Å². The minimum atomic E-state index is 0.446. The summed E-state index contributed by atoms with van der Waals surface area (Å²) >= 11 is 4.02. The highest BCUT2D eigenvalue weighted by molar-refractivity contribution is 7.80. The molecule has 0 heterocycles. The number of ether oxygens (including phenoxy) is 2. The molecule has 0 aliphatic carbocycles. The van der Waals surface area contributed by atoms with Gasteiger partial charge in [-0.2, -0.15) is 12.6 Å². The highest BCUT2D eigenvalue weighted by atomic mass is 32.1. The molecule has 18 heavy (non-hydrogen) atoms. The third-order valence-electron chi connectivity index (χ3n) is 2.55. The molecule has 0 aliphatic heterocycles. The van der Waals surface area contributed by atoms with Gasteiger partial charge in [-0.3, -0.25) is 0 Å². The largest absolute Gasteiger partial charge is 0.457 e. The predicted octanol–water partition coefficient (Wildman–Crippen LogP) is 3.93. The molecule has 0 bridgehead atoms. The third-order valence-corrected chi connectivity index (χ3v) is 2.73. The molecule has 0 aromatic heterocycles. The molecule has 0 N–H and O–H groups in total. The van der Waals surface area contributed by atoms with Gasteiger partial charge in [0.25, 0.3) is 0 Å². The van der Waals surface area contributed by atoms with Crippen molar-refractivity contribution in [3.05, 3.63) is 60.2 Å². The van der Waals surface area contributed by atoms with E-state index in [1.165, 1.54) is 0 Å². The van der Waals surface area contributed by atoms with Gasteiger partial charge in [0.2, 0.25) is 0 Å². The van der Waals surface area contributed by atoms with E-state index >= 15 is 0 Å². The van der Waals surface area contributed by atoms with Crippen LogP contribution in [-0.4, -0.2) is 12.5 Å². The normalized spacial score (nSPS) is 10.3. The van der Waals surface area contributed by atoms with Crippen LogP contribution >= 0.6 is 12.6 Å². The number of hydrogen-bond donors (Lipinski definition) is 1. The highest BCUT2D eigenvalue weighted by Crippen LogP contribution is 2.25. The maximum atomic E-state index is 5.87. The molecule has 0 saturated carbocycles. The molecule has 94 valence electrons. The van der Waals surface area contributed by atoms with Gasteiger partial charge in [0, 0.05) is 0 Å². The van der Waals surface area contributed by atoms with Crippen LogP contribution in [0.15, 0.2) is 54.6 Å². The van der Waals surface area contributed by atoms with Crippen LogP contribution in [0.2, 0.25) is 0 Å². The second kappa shape index (κ2) is 7.09. The van der Waals surface area contributed by atoms with Gasteiger partial charge in [-0.25, -0.2) is 0 Å². The van der Waals surface area contributed by atoms with Crippen LogP contribution in [-0.2, 0) is 11.2 Å². The second-order valence-electron chi connectivity index (χ2n) is 3.81. The molecule has 3 heteroatoms. The van der Waals surface area contributed by atoms with Gasteiger partial charge in [-0.05, 0) is 30.2 Å². The number of rotatable bonds is 6. The molecule has 2 aromatic rings. The summed E-state index contributed by atoms with van der Waals surface area (Å²) in [6.07, 6.45) is 0.823. The molecular weight excluding hydrogens is 244 g/mol. The summed E-state index contributed by atoms with van der Waals surface area (Å²) in [6.45, 7) is 0.651. The van der Waals surface area contributed by atoms with Crippen LogP contribution in [0.5, 0.6) is 11.5 Å². The SMILES string of the molecule is SCOCCc1ccccc1Oc1ccccc1. The lowest BCUT2D eigenvalue weighted by molar-refractivity contribution is 0.187. The van der Waals surface area contributed by atoms with Crippen molar-refractivity contribution in [1.29, 1.82) is 0 Å². The Bertz CT molecular complexity index is 471. The fourth-order valence-corrected chi connectivity index (χ4v) is 1.80.